The molecule has 1 fully saturated rings. The predicted octanol–water partition coefficient (Wildman–Crippen LogP) is 4.74. The molecule has 2 atom stereocenters. The lowest BCUT2D eigenvalue weighted by Crippen LogP contribution is -2.49. The van der Waals surface area contributed by atoms with E-state index in [9.17, 15) is 9.59 Å². The van der Waals surface area contributed by atoms with E-state index in [1.807, 2.05) is 43.3 Å². The molecule has 1 aromatic rings. The van der Waals surface area contributed by atoms with Gasteiger partial charge in [-0.1, -0.05) is 54.1 Å². The second-order valence-corrected chi connectivity index (χ2v) is 9.80. The number of amides is 2. The Bertz CT molecular complexity index is 836. The highest BCUT2D eigenvalue weighted by Crippen LogP contribution is 2.35. The van der Waals surface area contributed by atoms with Crippen molar-refractivity contribution in [3.63, 3.8) is 0 Å². The van der Waals surface area contributed by atoms with Crippen molar-refractivity contribution in [2.75, 3.05) is 26.6 Å². The van der Waals surface area contributed by atoms with Crippen molar-refractivity contribution < 1.29 is 23.8 Å². The molecule has 32 heavy (non-hydrogen) atoms. The third-order valence-electron chi connectivity index (χ3n) is 5.83. The Labute approximate surface area is 195 Å². The van der Waals surface area contributed by atoms with Crippen LogP contribution in [0.15, 0.2) is 54.1 Å². The van der Waals surface area contributed by atoms with Gasteiger partial charge in [-0.05, 0) is 43.9 Å². The molecular formula is C25H33NO5S. The number of methoxy groups -OCH3 is 2. The fraction of sp³-hybridized carbons (Fsp3) is 0.520. The molecule has 1 aromatic carbocycles. The molecule has 1 saturated heterocycles. The summed E-state index contributed by atoms with van der Waals surface area (Å²) >= 11 is 1.51. The maximum absolute atomic E-state index is 13.8. The van der Waals surface area contributed by atoms with Crippen molar-refractivity contribution in [3.05, 3.63) is 59.7 Å². The molecule has 0 spiro atoms. The molecule has 174 valence electrons. The molecule has 1 heterocycles. The Balaban J connectivity index is 1.82. The van der Waals surface area contributed by atoms with E-state index in [1.165, 1.54) is 16.7 Å². The molecule has 6 nitrogen and oxygen atoms in total. The minimum absolute atomic E-state index is 0.214. The van der Waals surface area contributed by atoms with Crippen LogP contribution in [0.3, 0.4) is 0 Å². The first kappa shape index (κ1) is 24.6. The monoisotopic (exact) mass is 459 g/mol. The second kappa shape index (κ2) is 11.7. The van der Waals surface area contributed by atoms with E-state index in [-0.39, 0.29) is 24.8 Å². The van der Waals surface area contributed by atoms with Gasteiger partial charge in [0.05, 0.1) is 6.04 Å². The summed E-state index contributed by atoms with van der Waals surface area (Å²) in [6.45, 7) is 2.11. The van der Waals surface area contributed by atoms with Crippen LogP contribution in [0.5, 0.6) is 0 Å². The van der Waals surface area contributed by atoms with Crippen LogP contribution in [0.4, 0.5) is 4.79 Å². The van der Waals surface area contributed by atoms with E-state index in [0.29, 0.717) is 18.6 Å². The standard InChI is InChI=1S/C25H33NO5S/c1-25(17-20-12-8-5-9-13-20,32-15-14-22(29-2)30-3)23(27)26-21(18-31-24(26)28)16-19-10-6-4-7-11-19/h4,6-8,10-12,17,21-22H,5,9,13-16,18H2,1-3H3/b20-17+/t21-,25?/m0/s1. The first-order valence-electron chi connectivity index (χ1n) is 11.1. The molecule has 0 saturated carbocycles. The molecule has 0 radical (unpaired) electrons. The van der Waals surface area contributed by atoms with E-state index in [0.717, 1.165) is 30.4 Å². The SMILES string of the molecule is COC(CCSC(C)(/C=C1\C=CCCC1)C(=O)N1C(=O)OC[C@@H]1Cc1ccccc1)OC. The Hall–Kier alpha value is -2.09. The zero-order valence-electron chi connectivity index (χ0n) is 19.1. The average Bonchev–Trinajstić information content (AvgIpc) is 3.17. The van der Waals surface area contributed by atoms with Gasteiger partial charge in [0, 0.05) is 20.6 Å². The lowest BCUT2D eigenvalue weighted by atomic mass is 9.96. The van der Waals surface area contributed by atoms with Crippen molar-refractivity contribution >= 4 is 23.8 Å². The van der Waals surface area contributed by atoms with Crippen LogP contribution >= 0.6 is 11.8 Å². The minimum Gasteiger partial charge on any atom is -0.447 e. The molecule has 0 bridgehead atoms. The number of ether oxygens (including phenoxy) is 3. The maximum Gasteiger partial charge on any atom is 0.417 e. The smallest absolute Gasteiger partial charge is 0.417 e. The van der Waals surface area contributed by atoms with E-state index < -0.39 is 10.8 Å². The third kappa shape index (κ3) is 6.24. The number of thioether (sulfide) groups is 1. The molecule has 2 aliphatic rings. The molecule has 2 amide bonds. The molecule has 0 aromatic heterocycles. The van der Waals surface area contributed by atoms with Crippen LogP contribution in [-0.4, -0.2) is 60.6 Å². The van der Waals surface area contributed by atoms with Gasteiger partial charge in [-0.2, -0.15) is 0 Å². The Morgan fingerprint density at radius 3 is 2.72 bits per heavy atom. The minimum atomic E-state index is -0.901. The van der Waals surface area contributed by atoms with Gasteiger partial charge >= 0.3 is 6.09 Å². The number of nitrogens with zero attached hydrogens (tertiary/aromatic N) is 1. The average molecular weight is 460 g/mol. The molecule has 0 N–H and O–H groups in total. The highest BCUT2D eigenvalue weighted by atomic mass is 32.2. The summed E-state index contributed by atoms with van der Waals surface area (Å²) in [7, 11) is 3.21. The summed E-state index contributed by atoms with van der Waals surface area (Å²) in [5.74, 6) is 0.415. The molecule has 1 aliphatic heterocycles. The zero-order chi connectivity index (χ0) is 23.0. The Morgan fingerprint density at radius 1 is 1.31 bits per heavy atom. The van der Waals surface area contributed by atoms with Crippen molar-refractivity contribution in [1.29, 1.82) is 0 Å². The highest BCUT2D eigenvalue weighted by molar-refractivity contribution is 8.01. The fourth-order valence-corrected chi connectivity index (χ4v) is 5.26. The van der Waals surface area contributed by atoms with Gasteiger partial charge in [-0.3, -0.25) is 4.79 Å². The quantitative estimate of drug-likeness (QED) is 0.471. The number of allylic oxidation sites excluding steroid dienone is 3. The molecule has 1 unspecified atom stereocenters. The van der Waals surface area contributed by atoms with Gasteiger partial charge in [0.2, 0.25) is 0 Å². The molecular weight excluding hydrogens is 426 g/mol. The van der Waals surface area contributed by atoms with Crippen LogP contribution in [0.1, 0.15) is 38.2 Å². The van der Waals surface area contributed by atoms with E-state index in [4.69, 9.17) is 14.2 Å². The van der Waals surface area contributed by atoms with E-state index >= 15 is 0 Å². The Morgan fingerprint density at radius 2 is 2.06 bits per heavy atom. The topological polar surface area (TPSA) is 65.1 Å². The number of carbonyl (C=O) groups is 2. The third-order valence-corrected chi connectivity index (χ3v) is 7.16. The zero-order valence-corrected chi connectivity index (χ0v) is 19.9. The van der Waals surface area contributed by atoms with Gasteiger partial charge in [0.25, 0.3) is 5.91 Å². The van der Waals surface area contributed by atoms with Crippen LogP contribution in [0, 0.1) is 0 Å². The second-order valence-electron chi connectivity index (χ2n) is 8.25. The Kier molecular flexibility index (Phi) is 8.96. The van der Waals surface area contributed by atoms with Crippen LogP contribution in [-0.2, 0) is 25.4 Å². The van der Waals surface area contributed by atoms with Gasteiger partial charge in [0.1, 0.15) is 11.4 Å². The summed E-state index contributed by atoms with van der Waals surface area (Å²) in [6.07, 6.45) is 9.62. The molecule has 3 rings (SSSR count). The predicted molar refractivity (Wildman–Crippen MR) is 126 cm³/mol. The maximum atomic E-state index is 13.8. The van der Waals surface area contributed by atoms with Crippen molar-refractivity contribution in [1.82, 2.24) is 4.90 Å². The number of benzene rings is 1. The van der Waals surface area contributed by atoms with Gasteiger partial charge in [-0.15, -0.1) is 11.8 Å². The van der Waals surface area contributed by atoms with Crippen LogP contribution in [0.25, 0.3) is 0 Å². The van der Waals surface area contributed by atoms with E-state index in [2.05, 4.69) is 12.2 Å². The van der Waals surface area contributed by atoms with Crippen molar-refractivity contribution in [3.8, 4) is 0 Å². The lowest BCUT2D eigenvalue weighted by molar-refractivity contribution is -0.130. The summed E-state index contributed by atoms with van der Waals surface area (Å²) < 4.78 is 15.0. The number of cyclic esters (lactones) is 1. The summed E-state index contributed by atoms with van der Waals surface area (Å²) in [4.78, 5) is 27.8. The number of carbonyl (C=O) groups excluding carboxylic acids is 2. The number of rotatable bonds is 10. The van der Waals surface area contributed by atoms with Gasteiger partial charge in [0.15, 0.2) is 6.29 Å². The number of hydrogen-bond acceptors (Lipinski definition) is 6. The summed E-state index contributed by atoms with van der Waals surface area (Å²) in [5.41, 5.74) is 2.20. The van der Waals surface area contributed by atoms with Crippen LogP contribution < -0.4 is 0 Å². The van der Waals surface area contributed by atoms with Gasteiger partial charge < -0.3 is 14.2 Å². The lowest BCUT2D eigenvalue weighted by Gasteiger charge is -2.31. The fourth-order valence-electron chi connectivity index (χ4n) is 4.07. The number of imide groups is 1. The van der Waals surface area contributed by atoms with Crippen LogP contribution in [0.2, 0.25) is 0 Å². The normalized spacial score (nSPS) is 21.8. The summed E-state index contributed by atoms with van der Waals surface area (Å²) in [5, 5.41) is 0. The van der Waals surface area contributed by atoms with Crippen molar-refractivity contribution in [2.45, 2.75) is 56.1 Å². The summed E-state index contributed by atoms with van der Waals surface area (Å²) in [6, 6.07) is 9.56. The number of hydrogen-bond donors (Lipinski definition) is 0. The molecule has 7 heteroatoms. The van der Waals surface area contributed by atoms with Gasteiger partial charge in [-0.25, -0.2) is 9.69 Å². The van der Waals surface area contributed by atoms with E-state index in [1.54, 1.807) is 14.2 Å². The first-order chi connectivity index (χ1) is 15.5. The largest absolute Gasteiger partial charge is 0.447 e. The highest BCUT2D eigenvalue weighted by Gasteiger charge is 2.45. The molecule has 1 aliphatic carbocycles. The van der Waals surface area contributed by atoms with Crippen molar-refractivity contribution in [2.24, 2.45) is 0 Å². The first-order valence-corrected chi connectivity index (χ1v) is 12.1.